The number of carboxylic acids is 1. The number of thioether (sulfide) groups is 1. The molecule has 0 spiro atoms. The van der Waals surface area contributed by atoms with Gasteiger partial charge >= 0.3 is 5.97 Å². The van der Waals surface area contributed by atoms with Crippen molar-refractivity contribution in [1.29, 1.82) is 0 Å². The van der Waals surface area contributed by atoms with E-state index in [4.69, 9.17) is 16.7 Å². The average molecular weight is 276 g/mol. The third kappa shape index (κ3) is 4.79. The molecular formula is C10H14ClN3O2S. The van der Waals surface area contributed by atoms with Gasteiger partial charge in [-0.15, -0.1) is 0 Å². The Labute approximate surface area is 109 Å². The fraction of sp³-hybridized carbons (Fsp3) is 0.500. The van der Waals surface area contributed by atoms with Gasteiger partial charge in [0.15, 0.2) is 0 Å². The zero-order valence-electron chi connectivity index (χ0n) is 9.61. The number of rotatable bonds is 6. The predicted octanol–water partition coefficient (Wildman–Crippen LogP) is 2.06. The highest BCUT2D eigenvalue weighted by atomic mass is 35.5. The Balaban J connectivity index is 2.74. The van der Waals surface area contributed by atoms with Crippen LogP contribution in [0.15, 0.2) is 6.07 Å². The normalized spacial score (nSPS) is 12.2. The minimum absolute atomic E-state index is 0.300. The Hall–Kier alpha value is -1.01. The predicted molar refractivity (Wildman–Crippen MR) is 69.8 cm³/mol. The molecule has 0 aliphatic rings. The summed E-state index contributed by atoms with van der Waals surface area (Å²) in [5, 5.41) is 12.2. The third-order valence-electron chi connectivity index (χ3n) is 2.04. The molecular weight excluding hydrogens is 262 g/mol. The van der Waals surface area contributed by atoms with Crippen LogP contribution in [0.2, 0.25) is 5.15 Å². The van der Waals surface area contributed by atoms with Crippen LogP contribution in [0.5, 0.6) is 0 Å². The molecule has 0 saturated carbocycles. The first-order chi connectivity index (χ1) is 8.02. The molecule has 17 heavy (non-hydrogen) atoms. The standard InChI is InChI=1S/C10H14ClN3O2S/c1-6-12-8(11)5-9(13-6)14-7(10(15)16)3-4-17-2/h5,7H,3-4H2,1-2H3,(H,15,16)(H,12,13,14)/t7-/m0/s1. The quantitative estimate of drug-likeness (QED) is 0.774. The number of nitrogens with one attached hydrogen (secondary N) is 1. The van der Waals surface area contributed by atoms with Gasteiger partial charge in [0.1, 0.15) is 22.8 Å². The summed E-state index contributed by atoms with van der Waals surface area (Å²) >= 11 is 7.38. The Morgan fingerprint density at radius 1 is 1.65 bits per heavy atom. The number of aromatic nitrogens is 2. The van der Waals surface area contributed by atoms with Crippen LogP contribution in [0.4, 0.5) is 5.82 Å². The number of aliphatic carboxylic acids is 1. The van der Waals surface area contributed by atoms with Gasteiger partial charge in [-0.3, -0.25) is 0 Å². The van der Waals surface area contributed by atoms with Crippen LogP contribution in [-0.4, -0.2) is 39.1 Å². The summed E-state index contributed by atoms with van der Waals surface area (Å²) in [7, 11) is 0. The molecule has 0 fully saturated rings. The molecule has 94 valence electrons. The van der Waals surface area contributed by atoms with Gasteiger partial charge in [-0.25, -0.2) is 14.8 Å². The number of hydrogen-bond acceptors (Lipinski definition) is 5. The van der Waals surface area contributed by atoms with E-state index in [1.165, 1.54) is 6.07 Å². The molecule has 1 heterocycles. The molecule has 0 radical (unpaired) electrons. The first kappa shape index (κ1) is 14.1. The molecule has 5 nitrogen and oxygen atoms in total. The van der Waals surface area contributed by atoms with Crippen molar-refractivity contribution in [2.75, 3.05) is 17.3 Å². The van der Waals surface area contributed by atoms with Crippen LogP contribution >= 0.6 is 23.4 Å². The monoisotopic (exact) mass is 275 g/mol. The minimum Gasteiger partial charge on any atom is -0.480 e. The van der Waals surface area contributed by atoms with E-state index in [-0.39, 0.29) is 0 Å². The molecule has 0 amide bonds. The Bertz CT molecular complexity index is 383. The van der Waals surface area contributed by atoms with Crippen LogP contribution in [0.3, 0.4) is 0 Å². The highest BCUT2D eigenvalue weighted by molar-refractivity contribution is 7.98. The molecule has 1 aromatic heterocycles. The van der Waals surface area contributed by atoms with Crippen LogP contribution < -0.4 is 5.32 Å². The number of carboxylic acid groups (broad SMARTS) is 1. The maximum Gasteiger partial charge on any atom is 0.326 e. The third-order valence-corrected chi connectivity index (χ3v) is 2.88. The zero-order valence-corrected chi connectivity index (χ0v) is 11.2. The Morgan fingerprint density at radius 2 is 2.35 bits per heavy atom. The number of aryl methyl sites for hydroxylation is 1. The van der Waals surface area contributed by atoms with Gasteiger partial charge in [0.25, 0.3) is 0 Å². The summed E-state index contributed by atoms with van der Waals surface area (Å²) in [6, 6.07) is 0.858. The van der Waals surface area contributed by atoms with E-state index in [1.54, 1.807) is 18.7 Å². The topological polar surface area (TPSA) is 75.1 Å². The fourth-order valence-electron chi connectivity index (χ4n) is 1.28. The lowest BCUT2D eigenvalue weighted by Crippen LogP contribution is -2.30. The number of hydrogen-bond donors (Lipinski definition) is 2. The molecule has 0 saturated heterocycles. The van der Waals surface area contributed by atoms with Gasteiger partial charge in [-0.05, 0) is 25.4 Å². The molecule has 1 aromatic rings. The smallest absolute Gasteiger partial charge is 0.326 e. The first-order valence-electron chi connectivity index (χ1n) is 5.02. The summed E-state index contributed by atoms with van der Waals surface area (Å²) in [6.07, 6.45) is 2.46. The molecule has 7 heteroatoms. The average Bonchev–Trinajstić information content (AvgIpc) is 2.22. The lowest BCUT2D eigenvalue weighted by Gasteiger charge is -2.14. The number of anilines is 1. The van der Waals surface area contributed by atoms with Crippen molar-refractivity contribution in [2.24, 2.45) is 0 Å². The second-order valence-corrected chi connectivity index (χ2v) is 4.81. The summed E-state index contributed by atoms with van der Waals surface area (Å²) in [5.74, 6) is 0.818. The molecule has 0 aliphatic carbocycles. The minimum atomic E-state index is -0.897. The van der Waals surface area contributed by atoms with E-state index in [0.717, 1.165) is 5.75 Å². The van der Waals surface area contributed by atoms with E-state index >= 15 is 0 Å². The summed E-state index contributed by atoms with van der Waals surface area (Å²) in [6.45, 7) is 1.70. The molecule has 0 bridgehead atoms. The largest absolute Gasteiger partial charge is 0.480 e. The van der Waals surface area contributed by atoms with Gasteiger partial charge < -0.3 is 10.4 Å². The maximum absolute atomic E-state index is 11.0. The van der Waals surface area contributed by atoms with Gasteiger partial charge in [-0.1, -0.05) is 11.6 Å². The van der Waals surface area contributed by atoms with Crippen LogP contribution in [0, 0.1) is 6.92 Å². The first-order valence-corrected chi connectivity index (χ1v) is 6.79. The van der Waals surface area contributed by atoms with Crippen molar-refractivity contribution in [1.82, 2.24) is 9.97 Å². The molecule has 2 N–H and O–H groups in total. The molecule has 1 rings (SSSR count). The van der Waals surface area contributed by atoms with Crippen molar-refractivity contribution < 1.29 is 9.90 Å². The maximum atomic E-state index is 11.0. The van der Waals surface area contributed by atoms with Crippen molar-refractivity contribution in [3.05, 3.63) is 17.0 Å². The molecule has 0 aromatic carbocycles. The highest BCUT2D eigenvalue weighted by Gasteiger charge is 2.17. The van der Waals surface area contributed by atoms with Crippen LogP contribution in [0.1, 0.15) is 12.2 Å². The lowest BCUT2D eigenvalue weighted by molar-refractivity contribution is -0.137. The van der Waals surface area contributed by atoms with Gasteiger partial charge in [0.05, 0.1) is 0 Å². The SMILES string of the molecule is CSCC[C@H](Nc1cc(Cl)nc(C)n1)C(=O)O. The second-order valence-electron chi connectivity index (χ2n) is 3.44. The van der Waals surface area contributed by atoms with Crippen molar-refractivity contribution >= 4 is 35.1 Å². The highest BCUT2D eigenvalue weighted by Crippen LogP contribution is 2.14. The molecule has 0 unspecified atom stereocenters. The van der Waals surface area contributed by atoms with Crippen LogP contribution in [0.25, 0.3) is 0 Å². The zero-order chi connectivity index (χ0) is 12.8. The van der Waals surface area contributed by atoms with Crippen molar-refractivity contribution in [3.63, 3.8) is 0 Å². The Morgan fingerprint density at radius 3 is 2.88 bits per heavy atom. The summed E-state index contributed by atoms with van der Waals surface area (Å²) in [5.41, 5.74) is 0. The van der Waals surface area contributed by atoms with Gasteiger partial charge in [0, 0.05) is 6.07 Å². The molecule has 1 atom stereocenters. The van der Waals surface area contributed by atoms with E-state index in [2.05, 4.69) is 15.3 Å². The van der Waals surface area contributed by atoms with E-state index in [0.29, 0.717) is 23.2 Å². The lowest BCUT2D eigenvalue weighted by atomic mass is 10.2. The van der Waals surface area contributed by atoms with E-state index in [1.807, 2.05) is 6.26 Å². The number of carbonyl (C=O) groups is 1. The summed E-state index contributed by atoms with van der Waals surface area (Å²) < 4.78 is 0. The van der Waals surface area contributed by atoms with Gasteiger partial charge in [0.2, 0.25) is 0 Å². The molecule has 0 aliphatic heterocycles. The number of nitrogens with zero attached hydrogens (tertiary/aromatic N) is 2. The van der Waals surface area contributed by atoms with E-state index in [9.17, 15) is 4.79 Å². The van der Waals surface area contributed by atoms with E-state index < -0.39 is 12.0 Å². The Kier molecular flexibility index (Phi) is 5.50. The van der Waals surface area contributed by atoms with Crippen LogP contribution in [-0.2, 0) is 4.79 Å². The fourth-order valence-corrected chi connectivity index (χ4v) is 1.97. The van der Waals surface area contributed by atoms with Gasteiger partial charge in [-0.2, -0.15) is 11.8 Å². The number of halogens is 1. The second kappa shape index (κ2) is 6.66. The summed E-state index contributed by atoms with van der Waals surface area (Å²) in [4.78, 5) is 19.0. The van der Waals surface area contributed by atoms with Crippen molar-refractivity contribution in [2.45, 2.75) is 19.4 Å². The van der Waals surface area contributed by atoms with Crippen molar-refractivity contribution in [3.8, 4) is 0 Å².